The van der Waals surface area contributed by atoms with Crippen molar-refractivity contribution in [2.45, 2.75) is 19.4 Å². The molecule has 1 aromatic carbocycles. The lowest BCUT2D eigenvalue weighted by Gasteiger charge is -2.22. The van der Waals surface area contributed by atoms with Gasteiger partial charge < -0.3 is 15.2 Å². The minimum absolute atomic E-state index is 0.0637. The van der Waals surface area contributed by atoms with E-state index >= 15 is 0 Å². The van der Waals surface area contributed by atoms with Gasteiger partial charge in [0.25, 0.3) is 0 Å². The van der Waals surface area contributed by atoms with Gasteiger partial charge in [0.15, 0.2) is 0 Å². The molecule has 0 spiro atoms. The lowest BCUT2D eigenvalue weighted by atomic mass is 9.91. The Morgan fingerprint density at radius 2 is 2.06 bits per heavy atom. The fraction of sp³-hybridized carbons (Fsp3) is 0.385. The molecule has 0 saturated carbocycles. The molecule has 0 saturated heterocycles. The number of hydrogen-bond donors (Lipinski definition) is 1. The highest BCUT2D eigenvalue weighted by molar-refractivity contribution is 5.69. The van der Waals surface area contributed by atoms with Gasteiger partial charge >= 0.3 is 0 Å². The summed E-state index contributed by atoms with van der Waals surface area (Å²) in [5, 5.41) is 0. The molecule has 16 heavy (non-hydrogen) atoms. The summed E-state index contributed by atoms with van der Waals surface area (Å²) in [6.45, 7) is 2.02. The molecule has 2 rings (SSSR count). The third-order valence-electron chi connectivity index (χ3n) is 2.95. The Morgan fingerprint density at radius 3 is 2.69 bits per heavy atom. The van der Waals surface area contributed by atoms with E-state index < -0.39 is 0 Å². The van der Waals surface area contributed by atoms with Crippen LogP contribution in [0.25, 0.3) is 6.08 Å². The van der Waals surface area contributed by atoms with Gasteiger partial charge in [-0.05, 0) is 25.0 Å². The maximum Gasteiger partial charge on any atom is 0.129 e. The first-order valence-corrected chi connectivity index (χ1v) is 5.35. The van der Waals surface area contributed by atoms with Crippen molar-refractivity contribution in [1.29, 1.82) is 0 Å². The van der Waals surface area contributed by atoms with Crippen molar-refractivity contribution >= 4 is 6.08 Å². The summed E-state index contributed by atoms with van der Waals surface area (Å²) in [6.07, 6.45) is 4.83. The second-order valence-corrected chi connectivity index (χ2v) is 4.05. The van der Waals surface area contributed by atoms with E-state index in [0.29, 0.717) is 0 Å². The summed E-state index contributed by atoms with van der Waals surface area (Å²) in [4.78, 5) is 0. The van der Waals surface area contributed by atoms with E-state index in [0.717, 1.165) is 34.6 Å². The molecule has 2 N–H and O–H groups in total. The number of methoxy groups -OCH3 is 2. The summed E-state index contributed by atoms with van der Waals surface area (Å²) in [6, 6.07) is 2.07. The molecule has 0 radical (unpaired) electrons. The molecule has 0 aromatic heterocycles. The predicted octanol–water partition coefficient (Wildman–Crippen LogP) is 1.91. The first-order valence-electron chi connectivity index (χ1n) is 5.35. The second-order valence-electron chi connectivity index (χ2n) is 4.05. The van der Waals surface area contributed by atoms with E-state index in [4.69, 9.17) is 15.2 Å². The van der Waals surface area contributed by atoms with Crippen molar-refractivity contribution in [3.8, 4) is 11.5 Å². The summed E-state index contributed by atoms with van der Waals surface area (Å²) >= 11 is 0. The smallest absolute Gasteiger partial charge is 0.129 e. The molecule has 0 amide bonds. The Balaban J connectivity index is 2.65. The molecule has 1 atom stereocenters. The Labute approximate surface area is 95.9 Å². The van der Waals surface area contributed by atoms with Crippen LogP contribution >= 0.6 is 0 Å². The van der Waals surface area contributed by atoms with Crippen LogP contribution in [0.3, 0.4) is 0 Å². The standard InChI is InChI=1S/C13H17NO2/c1-8-6-12(15-2)11-7-9(14)4-5-10(11)13(8)16-3/h4-6,9H,7,14H2,1-3H3/t9-/m1/s1. The molecule has 0 fully saturated rings. The Hall–Kier alpha value is -1.48. The zero-order chi connectivity index (χ0) is 11.7. The molecular weight excluding hydrogens is 202 g/mol. The van der Waals surface area contributed by atoms with Gasteiger partial charge in [-0.3, -0.25) is 0 Å². The van der Waals surface area contributed by atoms with Gasteiger partial charge in [0.05, 0.1) is 14.2 Å². The number of fused-ring (bicyclic) bond motifs is 1. The molecule has 1 aromatic rings. The van der Waals surface area contributed by atoms with Crippen molar-refractivity contribution in [1.82, 2.24) is 0 Å². The minimum atomic E-state index is 0.0637. The fourth-order valence-corrected chi connectivity index (χ4v) is 2.19. The minimum Gasteiger partial charge on any atom is -0.496 e. The van der Waals surface area contributed by atoms with Crippen LogP contribution < -0.4 is 15.2 Å². The zero-order valence-corrected chi connectivity index (χ0v) is 9.91. The number of benzene rings is 1. The largest absolute Gasteiger partial charge is 0.496 e. The van der Waals surface area contributed by atoms with Crippen LogP contribution in [0.1, 0.15) is 16.7 Å². The molecule has 1 aliphatic carbocycles. The van der Waals surface area contributed by atoms with Crippen molar-refractivity contribution in [3.05, 3.63) is 28.8 Å². The third-order valence-corrected chi connectivity index (χ3v) is 2.95. The fourth-order valence-electron chi connectivity index (χ4n) is 2.19. The summed E-state index contributed by atoms with van der Waals surface area (Å²) in [5.41, 5.74) is 9.24. The monoisotopic (exact) mass is 219 g/mol. The SMILES string of the molecule is COc1cc(C)c(OC)c2c1C[C@H](N)C=C2. The number of rotatable bonds is 2. The zero-order valence-electron chi connectivity index (χ0n) is 9.91. The average molecular weight is 219 g/mol. The summed E-state index contributed by atoms with van der Waals surface area (Å²) in [5.74, 6) is 1.81. The quantitative estimate of drug-likeness (QED) is 0.826. The normalized spacial score (nSPS) is 18.1. The first-order chi connectivity index (χ1) is 7.67. The molecule has 1 aliphatic rings. The molecular formula is C13H17NO2. The molecule has 3 heteroatoms. The van der Waals surface area contributed by atoms with E-state index in [1.807, 2.05) is 25.1 Å². The van der Waals surface area contributed by atoms with Gasteiger partial charge in [-0.15, -0.1) is 0 Å². The van der Waals surface area contributed by atoms with E-state index in [9.17, 15) is 0 Å². The number of hydrogen-bond acceptors (Lipinski definition) is 3. The van der Waals surface area contributed by atoms with Crippen molar-refractivity contribution in [2.24, 2.45) is 5.73 Å². The van der Waals surface area contributed by atoms with Crippen LogP contribution in [0.2, 0.25) is 0 Å². The second kappa shape index (κ2) is 4.18. The predicted molar refractivity (Wildman–Crippen MR) is 65.0 cm³/mol. The van der Waals surface area contributed by atoms with Gasteiger partial charge in [0.2, 0.25) is 0 Å². The van der Waals surface area contributed by atoms with Crippen LogP contribution in [-0.4, -0.2) is 20.3 Å². The van der Waals surface area contributed by atoms with Crippen molar-refractivity contribution in [2.75, 3.05) is 14.2 Å². The Morgan fingerprint density at radius 1 is 1.31 bits per heavy atom. The molecule has 0 heterocycles. The van der Waals surface area contributed by atoms with Gasteiger partial charge in [-0.2, -0.15) is 0 Å². The lowest BCUT2D eigenvalue weighted by Crippen LogP contribution is -2.23. The van der Waals surface area contributed by atoms with Gasteiger partial charge in [0, 0.05) is 17.2 Å². The van der Waals surface area contributed by atoms with E-state index in [1.165, 1.54) is 0 Å². The van der Waals surface area contributed by atoms with Crippen LogP contribution in [0.5, 0.6) is 11.5 Å². The maximum absolute atomic E-state index is 5.92. The van der Waals surface area contributed by atoms with E-state index in [2.05, 4.69) is 0 Å². The molecule has 86 valence electrons. The summed E-state index contributed by atoms with van der Waals surface area (Å²) in [7, 11) is 3.38. The Bertz CT molecular complexity index is 438. The van der Waals surface area contributed by atoms with Crippen molar-refractivity contribution in [3.63, 3.8) is 0 Å². The van der Waals surface area contributed by atoms with Crippen LogP contribution in [0, 0.1) is 6.92 Å². The third kappa shape index (κ3) is 1.67. The maximum atomic E-state index is 5.92. The highest BCUT2D eigenvalue weighted by atomic mass is 16.5. The Kier molecular flexibility index (Phi) is 2.88. The number of aryl methyl sites for hydroxylation is 1. The lowest BCUT2D eigenvalue weighted by molar-refractivity contribution is 0.394. The summed E-state index contributed by atoms with van der Waals surface area (Å²) < 4.78 is 10.8. The highest BCUT2D eigenvalue weighted by Gasteiger charge is 2.20. The van der Waals surface area contributed by atoms with Crippen LogP contribution in [-0.2, 0) is 6.42 Å². The molecule has 3 nitrogen and oxygen atoms in total. The number of nitrogens with two attached hydrogens (primary N) is 1. The van der Waals surface area contributed by atoms with Crippen molar-refractivity contribution < 1.29 is 9.47 Å². The van der Waals surface area contributed by atoms with Crippen LogP contribution in [0.4, 0.5) is 0 Å². The van der Waals surface area contributed by atoms with Gasteiger partial charge in [-0.1, -0.05) is 12.2 Å². The topological polar surface area (TPSA) is 44.5 Å². The molecule has 0 aliphatic heterocycles. The highest BCUT2D eigenvalue weighted by Crippen LogP contribution is 2.37. The first kappa shape index (κ1) is 11.0. The van der Waals surface area contributed by atoms with Gasteiger partial charge in [0.1, 0.15) is 11.5 Å². The van der Waals surface area contributed by atoms with E-state index in [-0.39, 0.29) is 6.04 Å². The number of ether oxygens (including phenoxy) is 2. The van der Waals surface area contributed by atoms with Gasteiger partial charge in [-0.25, -0.2) is 0 Å². The van der Waals surface area contributed by atoms with Crippen LogP contribution in [0.15, 0.2) is 12.1 Å². The molecule has 0 unspecified atom stereocenters. The van der Waals surface area contributed by atoms with E-state index in [1.54, 1.807) is 14.2 Å². The molecule has 0 bridgehead atoms. The average Bonchev–Trinajstić information content (AvgIpc) is 2.28.